The molecule has 0 atom stereocenters. The molecule has 174 valence electrons. The summed E-state index contributed by atoms with van der Waals surface area (Å²) in [6, 6.07) is 7.31. The quantitative estimate of drug-likeness (QED) is 0.592. The molecule has 0 saturated carbocycles. The maximum Gasteiger partial charge on any atom is 0.276 e. The predicted molar refractivity (Wildman–Crippen MR) is 122 cm³/mol. The molecule has 4 heterocycles. The van der Waals surface area contributed by atoms with Crippen molar-refractivity contribution < 1.29 is 13.9 Å². The molecule has 0 unspecified atom stereocenters. The SMILES string of the molecule is Cc1cc2ccc(F)c(CCN3CCC(NCc4cc5c(nn4)OCCO5)CC3)c2[nH]c1=O. The van der Waals surface area contributed by atoms with Crippen molar-refractivity contribution in [1.29, 1.82) is 0 Å². The van der Waals surface area contributed by atoms with Crippen LogP contribution in [-0.2, 0) is 13.0 Å². The molecule has 1 fully saturated rings. The summed E-state index contributed by atoms with van der Waals surface area (Å²) in [7, 11) is 0. The number of hydrogen-bond donors (Lipinski definition) is 2. The van der Waals surface area contributed by atoms with Gasteiger partial charge >= 0.3 is 0 Å². The molecule has 0 amide bonds. The van der Waals surface area contributed by atoms with Gasteiger partial charge in [0.05, 0.1) is 11.2 Å². The van der Waals surface area contributed by atoms with Gasteiger partial charge in [-0.25, -0.2) is 4.39 Å². The number of fused-ring (bicyclic) bond motifs is 2. The number of likely N-dealkylation sites (tertiary alicyclic amines) is 1. The van der Waals surface area contributed by atoms with Gasteiger partial charge in [0.2, 0.25) is 0 Å². The number of nitrogens with one attached hydrogen (secondary N) is 2. The van der Waals surface area contributed by atoms with E-state index in [9.17, 15) is 9.18 Å². The van der Waals surface area contributed by atoms with Crippen molar-refractivity contribution in [3.8, 4) is 11.6 Å². The van der Waals surface area contributed by atoms with Crippen molar-refractivity contribution >= 4 is 10.9 Å². The molecule has 9 heteroatoms. The van der Waals surface area contributed by atoms with E-state index in [4.69, 9.17) is 9.47 Å². The second kappa shape index (κ2) is 9.44. The first-order valence-electron chi connectivity index (χ1n) is 11.5. The third-order valence-corrected chi connectivity index (χ3v) is 6.45. The van der Waals surface area contributed by atoms with Crippen LogP contribution in [-0.4, -0.2) is 59.0 Å². The van der Waals surface area contributed by atoms with E-state index < -0.39 is 0 Å². The molecule has 0 aliphatic carbocycles. The fraction of sp³-hybridized carbons (Fsp3) is 0.458. The molecule has 1 saturated heterocycles. The van der Waals surface area contributed by atoms with E-state index in [2.05, 4.69) is 25.4 Å². The van der Waals surface area contributed by atoms with Crippen LogP contribution in [0, 0.1) is 12.7 Å². The number of benzene rings is 1. The number of H-pyrrole nitrogens is 1. The van der Waals surface area contributed by atoms with Crippen molar-refractivity contribution in [3.05, 3.63) is 57.3 Å². The second-order valence-corrected chi connectivity index (χ2v) is 8.72. The monoisotopic (exact) mass is 453 g/mol. The van der Waals surface area contributed by atoms with Gasteiger partial charge in [0, 0.05) is 36.3 Å². The van der Waals surface area contributed by atoms with Crippen LogP contribution in [0.3, 0.4) is 0 Å². The minimum absolute atomic E-state index is 0.163. The fourth-order valence-corrected chi connectivity index (χ4v) is 4.52. The van der Waals surface area contributed by atoms with E-state index in [0.717, 1.165) is 43.6 Å². The second-order valence-electron chi connectivity index (χ2n) is 8.72. The number of aromatic nitrogens is 3. The Morgan fingerprint density at radius 2 is 2.00 bits per heavy atom. The Morgan fingerprint density at radius 1 is 1.18 bits per heavy atom. The van der Waals surface area contributed by atoms with E-state index >= 15 is 0 Å². The minimum Gasteiger partial charge on any atom is -0.484 e. The van der Waals surface area contributed by atoms with Crippen LogP contribution in [0.1, 0.15) is 29.7 Å². The Labute approximate surface area is 191 Å². The van der Waals surface area contributed by atoms with Gasteiger partial charge in [-0.1, -0.05) is 0 Å². The summed E-state index contributed by atoms with van der Waals surface area (Å²) in [6.07, 6.45) is 2.57. The van der Waals surface area contributed by atoms with E-state index in [1.165, 1.54) is 6.07 Å². The summed E-state index contributed by atoms with van der Waals surface area (Å²) in [5, 5.41) is 12.7. The van der Waals surface area contributed by atoms with Crippen LogP contribution in [0.4, 0.5) is 4.39 Å². The normalized spacial score (nSPS) is 16.9. The number of halogens is 1. The zero-order valence-electron chi connectivity index (χ0n) is 18.7. The summed E-state index contributed by atoms with van der Waals surface area (Å²) in [6.45, 7) is 6.05. The lowest BCUT2D eigenvalue weighted by atomic mass is 10.0. The van der Waals surface area contributed by atoms with Crippen molar-refractivity contribution in [1.82, 2.24) is 25.4 Å². The summed E-state index contributed by atoms with van der Waals surface area (Å²) in [5.41, 5.74) is 2.50. The average Bonchev–Trinajstić information content (AvgIpc) is 2.84. The summed E-state index contributed by atoms with van der Waals surface area (Å²) in [4.78, 5) is 17.3. The Kier molecular flexibility index (Phi) is 6.24. The molecule has 3 aromatic rings. The zero-order valence-corrected chi connectivity index (χ0v) is 18.7. The van der Waals surface area contributed by atoms with Gasteiger partial charge in [0.25, 0.3) is 11.4 Å². The van der Waals surface area contributed by atoms with Crippen LogP contribution in [0.25, 0.3) is 10.9 Å². The molecule has 0 radical (unpaired) electrons. The smallest absolute Gasteiger partial charge is 0.276 e. The first-order valence-corrected chi connectivity index (χ1v) is 11.5. The highest BCUT2D eigenvalue weighted by Gasteiger charge is 2.21. The summed E-state index contributed by atoms with van der Waals surface area (Å²) in [5.74, 6) is 0.847. The van der Waals surface area contributed by atoms with E-state index in [0.29, 0.717) is 60.5 Å². The van der Waals surface area contributed by atoms with Gasteiger partial charge in [0.15, 0.2) is 5.75 Å². The third-order valence-electron chi connectivity index (χ3n) is 6.45. The van der Waals surface area contributed by atoms with Crippen molar-refractivity contribution in [2.75, 3.05) is 32.8 Å². The largest absolute Gasteiger partial charge is 0.484 e. The molecule has 1 aromatic carbocycles. The molecular formula is C24H28FN5O3. The van der Waals surface area contributed by atoms with Crippen LogP contribution in [0.15, 0.2) is 29.1 Å². The van der Waals surface area contributed by atoms with Crippen LogP contribution >= 0.6 is 0 Å². The van der Waals surface area contributed by atoms with Gasteiger partial charge in [-0.3, -0.25) is 4.79 Å². The molecular weight excluding hydrogens is 425 g/mol. The van der Waals surface area contributed by atoms with E-state index in [1.54, 1.807) is 13.0 Å². The lowest BCUT2D eigenvalue weighted by Crippen LogP contribution is -2.43. The average molecular weight is 454 g/mol. The minimum atomic E-state index is -0.265. The topological polar surface area (TPSA) is 92.4 Å². The highest BCUT2D eigenvalue weighted by molar-refractivity contribution is 5.82. The van der Waals surface area contributed by atoms with Crippen LogP contribution in [0.5, 0.6) is 11.6 Å². The highest BCUT2D eigenvalue weighted by atomic mass is 19.1. The van der Waals surface area contributed by atoms with Gasteiger partial charge in [-0.2, -0.15) is 5.10 Å². The highest BCUT2D eigenvalue weighted by Crippen LogP contribution is 2.27. The first-order chi connectivity index (χ1) is 16.1. The Morgan fingerprint density at radius 3 is 2.85 bits per heavy atom. The standard InChI is InChI=1S/C24H28FN5O3/c1-15-12-16-2-3-20(25)19(22(16)27-23(15)31)6-9-30-7-4-17(5-8-30)26-14-18-13-21-24(29-28-18)33-11-10-32-21/h2-3,12-13,17,26H,4-11,14H2,1H3,(H,27,31). The molecule has 2 N–H and O–H groups in total. The predicted octanol–water partition coefficient (Wildman–Crippen LogP) is 2.33. The lowest BCUT2D eigenvalue weighted by Gasteiger charge is -2.32. The molecule has 0 spiro atoms. The van der Waals surface area contributed by atoms with E-state index in [-0.39, 0.29) is 11.4 Å². The number of pyridine rings is 1. The number of ether oxygens (including phenoxy) is 2. The van der Waals surface area contributed by atoms with Crippen LogP contribution < -0.4 is 20.3 Å². The fourth-order valence-electron chi connectivity index (χ4n) is 4.52. The molecule has 2 aliphatic heterocycles. The summed E-state index contributed by atoms with van der Waals surface area (Å²) < 4.78 is 25.5. The van der Waals surface area contributed by atoms with Gasteiger partial charge in [-0.05, 0) is 62.9 Å². The van der Waals surface area contributed by atoms with Gasteiger partial charge in [0.1, 0.15) is 19.0 Å². The molecule has 8 nitrogen and oxygen atoms in total. The number of aryl methyl sites for hydroxylation is 1. The van der Waals surface area contributed by atoms with Gasteiger partial charge in [-0.15, -0.1) is 5.10 Å². The van der Waals surface area contributed by atoms with Crippen LogP contribution in [0.2, 0.25) is 0 Å². The van der Waals surface area contributed by atoms with E-state index in [1.807, 2.05) is 12.1 Å². The Hall–Kier alpha value is -3.04. The zero-order chi connectivity index (χ0) is 22.8. The summed E-state index contributed by atoms with van der Waals surface area (Å²) >= 11 is 0. The number of nitrogens with zero attached hydrogens (tertiary/aromatic N) is 3. The van der Waals surface area contributed by atoms with Gasteiger partial charge < -0.3 is 24.7 Å². The number of rotatable bonds is 6. The lowest BCUT2D eigenvalue weighted by molar-refractivity contribution is 0.161. The number of aromatic amines is 1. The molecule has 2 aliphatic rings. The maximum absolute atomic E-state index is 14.6. The molecule has 5 rings (SSSR count). The van der Waals surface area contributed by atoms with Crippen molar-refractivity contribution in [2.45, 2.75) is 38.8 Å². The first kappa shape index (κ1) is 21.8. The molecule has 33 heavy (non-hydrogen) atoms. The Bertz CT molecular complexity index is 1210. The number of hydrogen-bond acceptors (Lipinski definition) is 7. The molecule has 0 bridgehead atoms. The Balaban J connectivity index is 1.14. The maximum atomic E-state index is 14.6. The number of piperidine rings is 1. The third kappa shape index (κ3) is 4.84. The van der Waals surface area contributed by atoms with Crippen molar-refractivity contribution in [3.63, 3.8) is 0 Å². The van der Waals surface area contributed by atoms with Crippen molar-refractivity contribution in [2.24, 2.45) is 0 Å². The molecule has 2 aromatic heterocycles.